The van der Waals surface area contributed by atoms with Crippen molar-refractivity contribution in [2.45, 2.75) is 30.3 Å². The minimum absolute atomic E-state index is 0.361. The summed E-state index contributed by atoms with van der Waals surface area (Å²) in [5.74, 6) is 1.21. The largest absolute Gasteiger partial charge is 0.372 e. The summed E-state index contributed by atoms with van der Waals surface area (Å²) in [5, 5.41) is 3.60. The van der Waals surface area contributed by atoms with Gasteiger partial charge in [-0.25, -0.2) is 0 Å². The van der Waals surface area contributed by atoms with Crippen LogP contribution in [0.5, 0.6) is 0 Å². The number of hydrogen-bond acceptors (Lipinski definition) is 2. The molecule has 2 heterocycles. The highest BCUT2D eigenvalue weighted by Crippen LogP contribution is 2.52. The molecule has 2 nitrogen and oxygen atoms in total. The van der Waals surface area contributed by atoms with E-state index in [0.717, 1.165) is 6.54 Å². The topological polar surface area (TPSA) is 15.3 Å². The number of halogens is 2. The number of nitrogens with zero attached hydrogens (tertiary/aromatic N) is 1. The van der Waals surface area contributed by atoms with Crippen molar-refractivity contribution in [1.29, 1.82) is 0 Å². The molecule has 3 aliphatic rings. The van der Waals surface area contributed by atoms with Crippen LogP contribution >= 0.6 is 31.9 Å². The number of anilines is 1. The summed E-state index contributed by atoms with van der Waals surface area (Å²) in [6, 6.07) is 5.08. The summed E-state index contributed by atoms with van der Waals surface area (Å²) in [4.78, 5) is 2.89. The second kappa shape index (κ2) is 4.59. The smallest absolute Gasteiger partial charge is 0.0888 e. The number of fused-ring (bicyclic) bond motifs is 2. The Labute approximate surface area is 136 Å². The third kappa shape index (κ3) is 1.84. The van der Waals surface area contributed by atoms with E-state index in [9.17, 15) is 0 Å². The lowest BCUT2D eigenvalue weighted by Crippen LogP contribution is -2.42. The van der Waals surface area contributed by atoms with Crippen LogP contribution in [0.2, 0.25) is 0 Å². The first-order valence-corrected chi connectivity index (χ1v) is 8.92. The highest BCUT2D eigenvalue weighted by atomic mass is 79.9. The molecule has 1 aromatic carbocycles. The van der Waals surface area contributed by atoms with Gasteiger partial charge in [-0.15, -0.1) is 0 Å². The Morgan fingerprint density at radius 3 is 2.95 bits per heavy atom. The first-order valence-electron chi connectivity index (χ1n) is 7.21. The number of nitrogens with one attached hydrogen (secondary N) is 1. The van der Waals surface area contributed by atoms with Gasteiger partial charge in [-0.05, 0) is 48.2 Å². The molecular formula is C16H18Br2N2. The van der Waals surface area contributed by atoms with Crippen LogP contribution in [0.25, 0.3) is 5.57 Å². The van der Waals surface area contributed by atoms with Gasteiger partial charge in [-0.1, -0.05) is 44.9 Å². The van der Waals surface area contributed by atoms with Crippen LogP contribution in [-0.2, 0) is 0 Å². The zero-order chi connectivity index (χ0) is 14.0. The molecule has 4 atom stereocenters. The van der Waals surface area contributed by atoms with Crippen LogP contribution in [0, 0.1) is 5.92 Å². The van der Waals surface area contributed by atoms with Crippen molar-refractivity contribution in [2.24, 2.45) is 5.92 Å². The molecular weight excluding hydrogens is 380 g/mol. The van der Waals surface area contributed by atoms with Crippen molar-refractivity contribution in [2.75, 3.05) is 18.9 Å². The normalized spacial score (nSPS) is 35.1. The van der Waals surface area contributed by atoms with Crippen molar-refractivity contribution in [3.8, 4) is 0 Å². The molecule has 2 unspecified atom stereocenters. The lowest BCUT2D eigenvalue weighted by atomic mass is 9.75. The minimum Gasteiger partial charge on any atom is -0.372 e. The van der Waals surface area contributed by atoms with Crippen molar-refractivity contribution in [3.05, 3.63) is 33.8 Å². The van der Waals surface area contributed by atoms with E-state index in [1.165, 1.54) is 33.3 Å². The maximum Gasteiger partial charge on any atom is 0.0888 e. The molecule has 0 saturated carbocycles. The molecule has 0 bridgehead atoms. The zero-order valence-corrected chi connectivity index (χ0v) is 14.8. The molecule has 0 aromatic heterocycles. The Morgan fingerprint density at radius 1 is 1.35 bits per heavy atom. The standard InChI is InChI=1S/C16H18Br2N2/c1-8-3-10-11-4-9(17)5-13-15(11)12(16(18)19-13)6-14(10)20(2)7-8/h3-5,8,12,14,16,19H,6-7H2,1-2H3/t8-,12?,14-,16?/m1/s1. The molecule has 0 saturated heterocycles. The second-order valence-corrected chi connectivity index (χ2v) is 8.26. The fourth-order valence-corrected chi connectivity index (χ4v) is 5.30. The van der Waals surface area contributed by atoms with E-state index in [0.29, 0.717) is 22.8 Å². The van der Waals surface area contributed by atoms with Gasteiger partial charge in [0, 0.05) is 28.7 Å². The van der Waals surface area contributed by atoms with Gasteiger partial charge < -0.3 is 5.32 Å². The van der Waals surface area contributed by atoms with Gasteiger partial charge in [-0.2, -0.15) is 0 Å². The van der Waals surface area contributed by atoms with Crippen LogP contribution in [0.3, 0.4) is 0 Å². The zero-order valence-electron chi connectivity index (χ0n) is 11.7. The highest BCUT2D eigenvalue weighted by molar-refractivity contribution is 9.10. The average Bonchev–Trinajstić information content (AvgIpc) is 2.67. The fourth-order valence-electron chi connectivity index (χ4n) is 4.11. The lowest BCUT2D eigenvalue weighted by Gasteiger charge is -2.42. The summed E-state index contributed by atoms with van der Waals surface area (Å²) in [7, 11) is 2.27. The Balaban J connectivity index is 1.95. The highest BCUT2D eigenvalue weighted by Gasteiger charge is 2.42. The number of alkyl halides is 1. The van der Waals surface area contributed by atoms with Crippen LogP contribution in [0.15, 0.2) is 22.7 Å². The molecule has 4 rings (SSSR count). The molecule has 106 valence electrons. The van der Waals surface area contributed by atoms with Gasteiger partial charge >= 0.3 is 0 Å². The fraction of sp³-hybridized carbons (Fsp3) is 0.500. The first-order chi connectivity index (χ1) is 9.54. The second-order valence-electron chi connectivity index (χ2n) is 6.36. The van der Waals surface area contributed by atoms with E-state index in [2.05, 4.69) is 74.3 Å². The summed E-state index contributed by atoms with van der Waals surface area (Å²) in [6.07, 6.45) is 3.70. The molecule has 0 amide bonds. The molecule has 1 N–H and O–H groups in total. The SMILES string of the molecule is C[C@@H]1C=C2c3cc(Br)cc4c3C(C[C@H]2N(C)C1)C(Br)N4. The maximum atomic E-state index is 3.82. The Morgan fingerprint density at radius 2 is 2.15 bits per heavy atom. The average molecular weight is 398 g/mol. The third-order valence-electron chi connectivity index (χ3n) is 4.88. The molecule has 0 fully saturated rings. The molecule has 0 radical (unpaired) electrons. The van der Waals surface area contributed by atoms with Gasteiger partial charge in [0.25, 0.3) is 0 Å². The van der Waals surface area contributed by atoms with Gasteiger partial charge in [0.05, 0.1) is 4.95 Å². The molecule has 1 aliphatic carbocycles. The summed E-state index contributed by atoms with van der Waals surface area (Å²) in [5.41, 5.74) is 5.79. The van der Waals surface area contributed by atoms with Gasteiger partial charge in [-0.3, -0.25) is 4.90 Å². The molecule has 0 spiro atoms. The van der Waals surface area contributed by atoms with Crippen LogP contribution in [0.4, 0.5) is 5.69 Å². The van der Waals surface area contributed by atoms with Crippen molar-refractivity contribution in [1.82, 2.24) is 4.90 Å². The maximum absolute atomic E-state index is 3.82. The van der Waals surface area contributed by atoms with Crippen molar-refractivity contribution in [3.63, 3.8) is 0 Å². The van der Waals surface area contributed by atoms with E-state index < -0.39 is 0 Å². The van der Waals surface area contributed by atoms with Crippen LogP contribution in [0.1, 0.15) is 30.4 Å². The van der Waals surface area contributed by atoms with E-state index in [4.69, 9.17) is 0 Å². The predicted molar refractivity (Wildman–Crippen MR) is 91.4 cm³/mol. The van der Waals surface area contributed by atoms with E-state index in [1.807, 2.05) is 0 Å². The minimum atomic E-state index is 0.361. The van der Waals surface area contributed by atoms with E-state index in [-0.39, 0.29) is 0 Å². The predicted octanol–water partition coefficient (Wildman–Crippen LogP) is 4.42. The van der Waals surface area contributed by atoms with Gasteiger partial charge in [0.1, 0.15) is 0 Å². The lowest BCUT2D eigenvalue weighted by molar-refractivity contribution is 0.232. The van der Waals surface area contributed by atoms with E-state index in [1.54, 1.807) is 0 Å². The first kappa shape index (κ1) is 13.4. The molecule has 1 aromatic rings. The Kier molecular flexibility index (Phi) is 3.06. The van der Waals surface area contributed by atoms with Gasteiger partial charge in [0.2, 0.25) is 0 Å². The van der Waals surface area contributed by atoms with Gasteiger partial charge in [0.15, 0.2) is 0 Å². The number of rotatable bonds is 0. The van der Waals surface area contributed by atoms with Crippen molar-refractivity contribution < 1.29 is 0 Å². The summed E-state index contributed by atoms with van der Waals surface area (Å²) in [6.45, 7) is 3.48. The number of likely N-dealkylation sites (N-methyl/N-ethyl adjacent to an activating group) is 1. The number of benzene rings is 1. The Bertz CT molecular complexity index is 611. The summed E-state index contributed by atoms with van der Waals surface area (Å²) < 4.78 is 1.17. The molecule has 20 heavy (non-hydrogen) atoms. The number of hydrogen-bond donors (Lipinski definition) is 1. The third-order valence-corrected chi connectivity index (χ3v) is 6.21. The molecule has 4 heteroatoms. The quantitative estimate of drug-likeness (QED) is 0.515. The monoisotopic (exact) mass is 396 g/mol. The van der Waals surface area contributed by atoms with Crippen LogP contribution < -0.4 is 5.32 Å². The van der Waals surface area contributed by atoms with Crippen LogP contribution in [-0.4, -0.2) is 29.5 Å². The summed E-state index contributed by atoms with van der Waals surface area (Å²) >= 11 is 7.49. The Hall–Kier alpha value is -0.320. The van der Waals surface area contributed by atoms with E-state index >= 15 is 0 Å². The molecule has 2 aliphatic heterocycles. The van der Waals surface area contributed by atoms with Crippen molar-refractivity contribution >= 4 is 43.1 Å².